The Morgan fingerprint density at radius 1 is 1.45 bits per heavy atom. The van der Waals surface area contributed by atoms with Crippen molar-refractivity contribution in [3.05, 3.63) is 24.0 Å². The fourth-order valence-electron chi connectivity index (χ4n) is 2.81. The first-order valence-corrected chi connectivity index (χ1v) is 7.31. The molecule has 6 heteroatoms. The third kappa shape index (κ3) is 2.47. The van der Waals surface area contributed by atoms with E-state index in [1.807, 2.05) is 10.6 Å². The molecule has 0 N–H and O–H groups in total. The smallest absolute Gasteiger partial charge is 0.157 e. The Hall–Kier alpha value is -1.33. The lowest BCUT2D eigenvalue weighted by molar-refractivity contribution is -0.0737. The minimum atomic E-state index is -0.228. The maximum Gasteiger partial charge on any atom is 0.157 e. The fraction of sp³-hybridized carbons (Fsp3) is 0.571. The monoisotopic (exact) mass is 294 g/mol. The molecule has 0 aromatic carbocycles. The van der Waals surface area contributed by atoms with Crippen LogP contribution in [0.1, 0.15) is 19.4 Å². The van der Waals surface area contributed by atoms with Crippen LogP contribution < -0.4 is 4.90 Å². The lowest BCUT2D eigenvalue weighted by Crippen LogP contribution is -2.54. The summed E-state index contributed by atoms with van der Waals surface area (Å²) in [5.74, 6) is 1.54. The van der Waals surface area contributed by atoms with E-state index in [0.29, 0.717) is 5.88 Å². The summed E-state index contributed by atoms with van der Waals surface area (Å²) >= 11 is 6.00. The van der Waals surface area contributed by atoms with Gasteiger partial charge >= 0.3 is 0 Å². The number of anilines is 1. The molecule has 20 heavy (non-hydrogen) atoms. The van der Waals surface area contributed by atoms with Gasteiger partial charge in [-0.2, -0.15) is 9.61 Å². The summed E-state index contributed by atoms with van der Waals surface area (Å²) in [6.07, 6.45) is 1.61. The molecule has 0 saturated carbocycles. The number of nitrogens with zero attached hydrogens (tertiary/aromatic N) is 4. The van der Waals surface area contributed by atoms with E-state index in [1.54, 1.807) is 6.33 Å². The largest absolute Gasteiger partial charge is 0.367 e. The number of morpholine rings is 1. The molecule has 1 atom stereocenters. The van der Waals surface area contributed by atoms with Crippen LogP contribution in [-0.2, 0) is 4.74 Å². The molecule has 1 fully saturated rings. The highest BCUT2D eigenvalue weighted by atomic mass is 35.5. The highest BCUT2D eigenvalue weighted by molar-refractivity contribution is 6.18. The summed E-state index contributed by atoms with van der Waals surface area (Å²) in [7, 11) is 0. The average molecular weight is 295 g/mol. The van der Waals surface area contributed by atoms with Crippen LogP contribution in [0.25, 0.3) is 5.65 Å². The molecule has 3 heterocycles. The summed E-state index contributed by atoms with van der Waals surface area (Å²) in [6.45, 7) is 7.83. The zero-order chi connectivity index (χ0) is 14.3. The molecule has 3 rings (SSSR count). The molecule has 5 nitrogen and oxygen atoms in total. The number of alkyl halides is 1. The Kier molecular flexibility index (Phi) is 3.34. The first kappa shape index (κ1) is 13.6. The predicted octanol–water partition coefficient (Wildman–Crippen LogP) is 2.26. The molecule has 2 aromatic heterocycles. The number of hydrogen-bond donors (Lipinski definition) is 0. The van der Waals surface area contributed by atoms with Crippen LogP contribution in [0.5, 0.6) is 0 Å². The van der Waals surface area contributed by atoms with Crippen molar-refractivity contribution in [1.82, 2.24) is 14.6 Å². The van der Waals surface area contributed by atoms with E-state index >= 15 is 0 Å². The second kappa shape index (κ2) is 4.90. The van der Waals surface area contributed by atoms with Crippen molar-refractivity contribution in [2.24, 2.45) is 0 Å². The zero-order valence-corrected chi connectivity index (χ0v) is 12.8. The zero-order valence-electron chi connectivity index (χ0n) is 12.0. The van der Waals surface area contributed by atoms with Gasteiger partial charge in [0.25, 0.3) is 0 Å². The van der Waals surface area contributed by atoms with Gasteiger partial charge in [0.1, 0.15) is 12.1 Å². The Morgan fingerprint density at radius 2 is 2.25 bits per heavy atom. The molecule has 1 aliphatic rings. The first-order valence-electron chi connectivity index (χ1n) is 6.78. The van der Waals surface area contributed by atoms with Gasteiger partial charge in [-0.3, -0.25) is 0 Å². The highest BCUT2D eigenvalue weighted by Crippen LogP contribution is 2.27. The summed E-state index contributed by atoms with van der Waals surface area (Å²) in [5.41, 5.74) is 1.81. The van der Waals surface area contributed by atoms with Crippen LogP contribution in [0.15, 0.2) is 18.5 Å². The van der Waals surface area contributed by atoms with E-state index in [4.69, 9.17) is 16.3 Å². The molecule has 108 valence electrons. The summed E-state index contributed by atoms with van der Waals surface area (Å²) in [6, 6.07) is 4.16. The van der Waals surface area contributed by atoms with Gasteiger partial charge in [0.05, 0.1) is 17.6 Å². The molecule has 0 bridgehead atoms. The van der Waals surface area contributed by atoms with Gasteiger partial charge < -0.3 is 9.64 Å². The molecule has 2 aromatic rings. The maximum absolute atomic E-state index is 6.00. The SMILES string of the molecule is Cc1cc(N2CC(CCl)OC(C)(C)C2)n2ncnc2c1. The van der Waals surface area contributed by atoms with Crippen molar-refractivity contribution in [3.8, 4) is 0 Å². The van der Waals surface area contributed by atoms with Gasteiger partial charge in [0, 0.05) is 13.1 Å². The van der Waals surface area contributed by atoms with Crippen LogP contribution in [0.2, 0.25) is 0 Å². The Morgan fingerprint density at radius 3 is 3.00 bits per heavy atom. The number of hydrogen-bond acceptors (Lipinski definition) is 4. The summed E-state index contributed by atoms with van der Waals surface area (Å²) in [4.78, 5) is 6.56. The van der Waals surface area contributed by atoms with Crippen LogP contribution in [0.4, 0.5) is 5.82 Å². The number of halogens is 1. The van der Waals surface area contributed by atoms with Crippen LogP contribution in [0, 0.1) is 6.92 Å². The van der Waals surface area contributed by atoms with Gasteiger partial charge in [-0.15, -0.1) is 11.6 Å². The van der Waals surface area contributed by atoms with E-state index < -0.39 is 0 Å². The minimum Gasteiger partial charge on any atom is -0.367 e. The van der Waals surface area contributed by atoms with E-state index in [2.05, 4.69) is 41.8 Å². The van der Waals surface area contributed by atoms with E-state index in [1.165, 1.54) is 5.56 Å². The molecular formula is C14H19ClN4O. The van der Waals surface area contributed by atoms with E-state index in [-0.39, 0.29) is 11.7 Å². The van der Waals surface area contributed by atoms with E-state index in [0.717, 1.165) is 24.6 Å². The number of pyridine rings is 1. The number of rotatable bonds is 2. The number of fused-ring (bicyclic) bond motifs is 1. The lowest BCUT2D eigenvalue weighted by Gasteiger charge is -2.43. The maximum atomic E-state index is 6.00. The molecule has 0 amide bonds. The highest BCUT2D eigenvalue weighted by Gasteiger charge is 2.34. The Balaban J connectivity index is 2.03. The molecule has 1 saturated heterocycles. The fourth-order valence-corrected chi connectivity index (χ4v) is 2.97. The number of aryl methyl sites for hydroxylation is 1. The summed E-state index contributed by atoms with van der Waals surface area (Å²) < 4.78 is 7.85. The molecule has 1 unspecified atom stereocenters. The van der Waals surface area contributed by atoms with Crippen molar-refractivity contribution < 1.29 is 4.74 Å². The molecule has 0 aliphatic carbocycles. The third-order valence-electron chi connectivity index (χ3n) is 3.48. The first-order chi connectivity index (χ1) is 9.48. The molecule has 0 radical (unpaired) electrons. The van der Waals surface area contributed by atoms with Crippen LogP contribution >= 0.6 is 11.6 Å². The van der Waals surface area contributed by atoms with Crippen molar-refractivity contribution in [2.45, 2.75) is 32.5 Å². The Labute approximate surface area is 123 Å². The van der Waals surface area contributed by atoms with Crippen molar-refractivity contribution >= 4 is 23.1 Å². The second-order valence-electron chi connectivity index (χ2n) is 5.96. The van der Waals surface area contributed by atoms with Crippen molar-refractivity contribution in [3.63, 3.8) is 0 Å². The predicted molar refractivity (Wildman–Crippen MR) is 79.6 cm³/mol. The van der Waals surface area contributed by atoms with Gasteiger partial charge in [0.2, 0.25) is 0 Å². The quantitative estimate of drug-likeness (QED) is 0.797. The van der Waals surface area contributed by atoms with Crippen molar-refractivity contribution in [2.75, 3.05) is 23.9 Å². The normalized spacial score (nSPS) is 22.4. The minimum absolute atomic E-state index is 0.0273. The number of aromatic nitrogens is 3. The second-order valence-corrected chi connectivity index (χ2v) is 6.26. The Bertz CT molecular complexity index is 625. The van der Waals surface area contributed by atoms with Gasteiger partial charge in [0.15, 0.2) is 5.65 Å². The van der Waals surface area contributed by atoms with E-state index in [9.17, 15) is 0 Å². The van der Waals surface area contributed by atoms with Gasteiger partial charge in [-0.1, -0.05) is 0 Å². The molecule has 0 spiro atoms. The van der Waals surface area contributed by atoms with Crippen LogP contribution in [-0.4, -0.2) is 45.3 Å². The molecular weight excluding hydrogens is 276 g/mol. The third-order valence-corrected chi connectivity index (χ3v) is 3.83. The number of ether oxygens (including phenoxy) is 1. The lowest BCUT2D eigenvalue weighted by atomic mass is 10.1. The average Bonchev–Trinajstić information content (AvgIpc) is 2.83. The van der Waals surface area contributed by atoms with Gasteiger partial charge in [-0.05, 0) is 38.5 Å². The topological polar surface area (TPSA) is 42.7 Å². The van der Waals surface area contributed by atoms with Gasteiger partial charge in [-0.25, -0.2) is 4.98 Å². The van der Waals surface area contributed by atoms with Crippen molar-refractivity contribution in [1.29, 1.82) is 0 Å². The molecule has 1 aliphatic heterocycles. The van der Waals surface area contributed by atoms with Crippen LogP contribution in [0.3, 0.4) is 0 Å². The standard InChI is InChI=1S/C14H19ClN4O/c1-10-4-12-16-9-17-19(12)13(5-10)18-7-11(6-15)20-14(2,3)8-18/h4-5,9,11H,6-8H2,1-3H3. The summed E-state index contributed by atoms with van der Waals surface area (Å²) in [5, 5.41) is 4.32.